The quantitative estimate of drug-likeness (QED) is 0.526. The van der Waals surface area contributed by atoms with Crippen molar-refractivity contribution in [3.63, 3.8) is 0 Å². The van der Waals surface area contributed by atoms with Gasteiger partial charge in [-0.2, -0.15) is 0 Å². The van der Waals surface area contributed by atoms with Crippen molar-refractivity contribution >= 4 is 35.0 Å². The van der Waals surface area contributed by atoms with E-state index in [1.165, 1.54) is 17.0 Å². The van der Waals surface area contributed by atoms with Gasteiger partial charge in [0.05, 0.1) is 12.1 Å². The Labute approximate surface area is 190 Å². The minimum Gasteiger partial charge on any atom is -0.322 e. The van der Waals surface area contributed by atoms with E-state index in [1.54, 1.807) is 54.6 Å². The summed E-state index contributed by atoms with van der Waals surface area (Å²) in [4.78, 5) is 42.0. The number of halogens is 2. The minimum absolute atomic E-state index is 0.0607. The van der Waals surface area contributed by atoms with E-state index in [0.717, 1.165) is 10.5 Å². The second kappa shape index (κ2) is 8.93. The molecule has 1 fully saturated rings. The molecule has 1 saturated heterocycles. The van der Waals surface area contributed by atoms with Gasteiger partial charge in [-0.05, 0) is 61.0 Å². The van der Waals surface area contributed by atoms with Crippen LogP contribution in [-0.4, -0.2) is 28.7 Å². The van der Waals surface area contributed by atoms with Crippen LogP contribution in [0.4, 0.5) is 10.1 Å². The molecule has 1 aliphatic heterocycles. The molecule has 32 heavy (non-hydrogen) atoms. The number of hydrogen-bond donors (Lipinski definition) is 0. The van der Waals surface area contributed by atoms with Gasteiger partial charge in [0, 0.05) is 17.1 Å². The Kier molecular flexibility index (Phi) is 6.06. The van der Waals surface area contributed by atoms with Gasteiger partial charge in [0.25, 0.3) is 11.8 Å². The van der Waals surface area contributed by atoms with Crippen LogP contribution in [0.1, 0.15) is 27.9 Å². The number of rotatable bonds is 5. The van der Waals surface area contributed by atoms with Crippen LogP contribution >= 0.6 is 11.6 Å². The first-order chi connectivity index (χ1) is 15.3. The van der Waals surface area contributed by atoms with E-state index >= 15 is 0 Å². The highest BCUT2D eigenvalue weighted by Crippen LogP contribution is 2.29. The molecule has 0 bridgehead atoms. The topological polar surface area (TPSA) is 57.7 Å². The normalized spacial score (nSPS) is 15.8. The number of aryl methyl sites for hydroxylation is 1. The molecule has 162 valence electrons. The van der Waals surface area contributed by atoms with Gasteiger partial charge in [-0.1, -0.05) is 41.4 Å². The van der Waals surface area contributed by atoms with Crippen LogP contribution in [0.5, 0.6) is 0 Å². The summed E-state index contributed by atoms with van der Waals surface area (Å²) in [6, 6.07) is 18.2. The van der Waals surface area contributed by atoms with E-state index in [1.807, 2.05) is 13.0 Å². The maximum atomic E-state index is 13.4. The fourth-order valence-corrected chi connectivity index (χ4v) is 3.90. The number of hydrogen-bond acceptors (Lipinski definition) is 3. The highest BCUT2D eigenvalue weighted by atomic mass is 35.5. The van der Waals surface area contributed by atoms with Gasteiger partial charge < -0.3 is 4.90 Å². The summed E-state index contributed by atoms with van der Waals surface area (Å²) in [6.07, 6.45) is -0.139. The second-order valence-corrected chi connectivity index (χ2v) is 8.13. The van der Waals surface area contributed by atoms with Gasteiger partial charge in [0.1, 0.15) is 11.9 Å². The molecule has 1 heterocycles. The number of amides is 3. The highest BCUT2D eigenvalue weighted by molar-refractivity contribution is 6.31. The van der Waals surface area contributed by atoms with Gasteiger partial charge >= 0.3 is 0 Å². The van der Waals surface area contributed by atoms with E-state index in [2.05, 4.69) is 0 Å². The Morgan fingerprint density at radius 1 is 1.06 bits per heavy atom. The molecule has 0 aromatic heterocycles. The largest absolute Gasteiger partial charge is 0.322 e. The van der Waals surface area contributed by atoms with Crippen molar-refractivity contribution in [1.29, 1.82) is 0 Å². The van der Waals surface area contributed by atoms with Gasteiger partial charge in [0.15, 0.2) is 0 Å². The average molecular weight is 451 g/mol. The van der Waals surface area contributed by atoms with Crippen molar-refractivity contribution in [1.82, 2.24) is 4.90 Å². The summed E-state index contributed by atoms with van der Waals surface area (Å²) >= 11 is 5.93. The number of carbonyl (C=O) groups is 3. The van der Waals surface area contributed by atoms with Gasteiger partial charge in [0.2, 0.25) is 5.91 Å². The Morgan fingerprint density at radius 3 is 2.41 bits per heavy atom. The fourth-order valence-electron chi connectivity index (χ4n) is 3.77. The summed E-state index contributed by atoms with van der Waals surface area (Å²) in [5.74, 6) is -1.66. The maximum absolute atomic E-state index is 13.4. The van der Waals surface area contributed by atoms with Crippen molar-refractivity contribution in [2.24, 2.45) is 0 Å². The highest BCUT2D eigenvalue weighted by Gasteiger charge is 2.44. The Morgan fingerprint density at radius 2 is 1.75 bits per heavy atom. The molecule has 0 saturated carbocycles. The molecule has 7 heteroatoms. The third-order valence-corrected chi connectivity index (χ3v) is 5.63. The lowest BCUT2D eigenvalue weighted by molar-refractivity contribution is -0.122. The number of carbonyl (C=O) groups excluding carboxylic acids is 3. The third kappa shape index (κ3) is 4.41. The zero-order chi connectivity index (χ0) is 22.8. The number of anilines is 1. The van der Waals surface area contributed by atoms with E-state index in [4.69, 9.17) is 11.6 Å². The first kappa shape index (κ1) is 21.7. The van der Waals surface area contributed by atoms with E-state index in [0.29, 0.717) is 21.8 Å². The molecule has 5 nitrogen and oxygen atoms in total. The predicted octanol–water partition coefficient (Wildman–Crippen LogP) is 4.76. The standard InChI is InChI=1S/C25H20ClFN2O3/c1-16-3-2-4-18(13-16)24(31)28(15-17-5-9-20(27)10-6-17)22-14-23(30)29(25(22)32)21-11-7-19(26)8-12-21/h2-13,22H,14-15H2,1H3. The third-order valence-electron chi connectivity index (χ3n) is 5.38. The molecule has 0 spiro atoms. The number of imide groups is 1. The molecule has 4 rings (SSSR count). The summed E-state index contributed by atoms with van der Waals surface area (Å²) in [5, 5.41) is 0.483. The lowest BCUT2D eigenvalue weighted by Crippen LogP contribution is -2.45. The molecule has 1 aliphatic rings. The van der Waals surface area contributed by atoms with Crippen LogP contribution in [0.2, 0.25) is 5.02 Å². The smallest absolute Gasteiger partial charge is 0.257 e. The van der Waals surface area contributed by atoms with Crippen LogP contribution in [0.3, 0.4) is 0 Å². The van der Waals surface area contributed by atoms with Crippen LogP contribution < -0.4 is 4.90 Å². The lowest BCUT2D eigenvalue weighted by atomic mass is 10.1. The SMILES string of the molecule is Cc1cccc(C(=O)N(Cc2ccc(F)cc2)C2CC(=O)N(c3ccc(Cl)cc3)C2=O)c1. The van der Waals surface area contributed by atoms with Crippen LogP contribution in [0.15, 0.2) is 72.8 Å². The number of benzene rings is 3. The summed E-state index contributed by atoms with van der Waals surface area (Å²) in [7, 11) is 0. The fraction of sp³-hybridized carbons (Fsp3) is 0.160. The van der Waals surface area contributed by atoms with Gasteiger partial charge in [-0.3, -0.25) is 14.4 Å². The predicted molar refractivity (Wildman–Crippen MR) is 120 cm³/mol. The van der Waals surface area contributed by atoms with E-state index in [-0.39, 0.29) is 18.9 Å². The van der Waals surface area contributed by atoms with Crippen molar-refractivity contribution < 1.29 is 18.8 Å². The van der Waals surface area contributed by atoms with Gasteiger partial charge in [-0.25, -0.2) is 9.29 Å². The molecule has 0 radical (unpaired) electrons. The molecule has 3 aromatic rings. The van der Waals surface area contributed by atoms with Crippen molar-refractivity contribution in [2.75, 3.05) is 4.90 Å². The van der Waals surface area contributed by atoms with Crippen LogP contribution in [0.25, 0.3) is 0 Å². The van der Waals surface area contributed by atoms with Crippen LogP contribution in [0, 0.1) is 12.7 Å². The molecular formula is C25H20ClFN2O3. The van der Waals surface area contributed by atoms with Crippen molar-refractivity contribution in [3.05, 3.63) is 100 Å². The average Bonchev–Trinajstić information content (AvgIpc) is 3.07. The molecule has 0 aliphatic carbocycles. The molecular weight excluding hydrogens is 431 g/mol. The van der Waals surface area contributed by atoms with Crippen LogP contribution in [-0.2, 0) is 16.1 Å². The Bertz CT molecular complexity index is 1180. The second-order valence-electron chi connectivity index (χ2n) is 7.69. The Balaban J connectivity index is 1.69. The summed E-state index contributed by atoms with van der Waals surface area (Å²) in [5.41, 5.74) is 2.36. The molecule has 3 aromatic carbocycles. The molecule has 3 amide bonds. The van der Waals surface area contributed by atoms with Gasteiger partial charge in [-0.15, -0.1) is 0 Å². The monoisotopic (exact) mass is 450 g/mol. The first-order valence-corrected chi connectivity index (χ1v) is 10.5. The molecule has 1 atom stereocenters. The summed E-state index contributed by atoms with van der Waals surface area (Å²) in [6.45, 7) is 1.93. The summed E-state index contributed by atoms with van der Waals surface area (Å²) < 4.78 is 13.4. The Hall–Kier alpha value is -3.51. The van der Waals surface area contributed by atoms with E-state index < -0.39 is 23.7 Å². The van der Waals surface area contributed by atoms with E-state index in [9.17, 15) is 18.8 Å². The minimum atomic E-state index is -0.976. The zero-order valence-corrected chi connectivity index (χ0v) is 18.1. The molecule has 0 N–H and O–H groups in total. The van der Waals surface area contributed by atoms with Crippen molar-refractivity contribution in [2.45, 2.75) is 25.9 Å². The molecule has 1 unspecified atom stereocenters. The zero-order valence-electron chi connectivity index (χ0n) is 17.3. The number of nitrogens with zero attached hydrogens (tertiary/aromatic N) is 2. The van der Waals surface area contributed by atoms with Crippen molar-refractivity contribution in [3.8, 4) is 0 Å². The lowest BCUT2D eigenvalue weighted by Gasteiger charge is -2.28. The maximum Gasteiger partial charge on any atom is 0.257 e. The first-order valence-electron chi connectivity index (χ1n) is 10.1.